The van der Waals surface area contributed by atoms with E-state index in [0.717, 1.165) is 21.9 Å². The third kappa shape index (κ3) is 18.1. The summed E-state index contributed by atoms with van der Waals surface area (Å²) in [6, 6.07) is 25.2. The number of aromatic amines is 3. The van der Waals surface area contributed by atoms with Crippen LogP contribution in [0.1, 0.15) is 87.0 Å². The first-order valence-electron chi connectivity index (χ1n) is 31.0. The van der Waals surface area contributed by atoms with Crippen LogP contribution in [0.2, 0.25) is 0 Å². The summed E-state index contributed by atoms with van der Waals surface area (Å²) in [6.45, 7) is 0.251. The van der Waals surface area contributed by atoms with Crippen LogP contribution in [0.3, 0.4) is 0 Å². The second-order valence-corrected chi connectivity index (χ2v) is 25.8. The number of rotatable bonds is 33. The molecule has 5 amide bonds. The maximum absolute atomic E-state index is 14.4. The number of carbonyl (C=O) groups is 10. The highest BCUT2D eigenvalue weighted by Crippen LogP contribution is 2.46. The Labute approximate surface area is 578 Å². The van der Waals surface area contributed by atoms with Crippen molar-refractivity contribution < 1.29 is 77.8 Å². The molecule has 5 atom stereocenters. The van der Waals surface area contributed by atoms with Gasteiger partial charge in [0, 0.05) is 92.9 Å². The predicted molar refractivity (Wildman–Crippen MR) is 372 cm³/mol. The number of carboxylic acids is 4. The Kier molecular flexibility index (Phi) is 23.5. The van der Waals surface area contributed by atoms with E-state index in [1.165, 1.54) is 52.1 Å². The first-order valence-corrected chi connectivity index (χ1v) is 34.1. The van der Waals surface area contributed by atoms with Crippen LogP contribution < -0.4 is 52.8 Å². The fourth-order valence-corrected chi connectivity index (χ4v) is 13.3. The molecular formula is C66H65ClN14O17S2. The summed E-state index contributed by atoms with van der Waals surface area (Å²) >= 11 is 6.54. The summed E-state index contributed by atoms with van der Waals surface area (Å²) in [5, 5.41) is 57.9. The summed E-state index contributed by atoms with van der Waals surface area (Å²) in [5.41, 5.74) is 9.98. The van der Waals surface area contributed by atoms with E-state index in [-0.39, 0.29) is 108 Å². The molecule has 34 heteroatoms. The lowest BCUT2D eigenvalue weighted by Crippen LogP contribution is -2.45. The molecule has 0 spiro atoms. The minimum atomic E-state index is -1.64. The van der Waals surface area contributed by atoms with Gasteiger partial charge in [-0.1, -0.05) is 64.1 Å². The molecule has 0 fully saturated rings. The van der Waals surface area contributed by atoms with Crippen molar-refractivity contribution in [2.75, 3.05) is 58.3 Å². The number of amides is 5. The summed E-state index contributed by atoms with van der Waals surface area (Å²) < 4.78 is 11.2. The van der Waals surface area contributed by atoms with E-state index >= 15 is 0 Å². The topological polar surface area (TPSA) is 475 Å². The summed E-state index contributed by atoms with van der Waals surface area (Å²) in [7, 11) is 2.38. The van der Waals surface area contributed by atoms with Gasteiger partial charge in [-0.3, -0.25) is 38.5 Å². The van der Waals surface area contributed by atoms with Crippen molar-refractivity contribution in [2.24, 2.45) is 0 Å². The molecule has 520 valence electrons. The van der Waals surface area contributed by atoms with Crippen molar-refractivity contribution in [1.29, 1.82) is 0 Å². The monoisotopic (exact) mass is 1420 g/mol. The van der Waals surface area contributed by atoms with Gasteiger partial charge in [0.05, 0.1) is 24.1 Å². The summed E-state index contributed by atoms with van der Waals surface area (Å²) in [6.07, 6.45) is -1.73. The van der Waals surface area contributed by atoms with Crippen LogP contribution in [-0.2, 0) is 40.0 Å². The van der Waals surface area contributed by atoms with E-state index in [1.54, 1.807) is 53.4 Å². The molecule has 9 aromatic rings. The Balaban J connectivity index is 0.621. The standard InChI is InChI=1S/C66H65ClN14O17S2/c67-28-36-31-81(60(87)48-26-35-24-38(15-16-43(35)75-48)73-58(85)47-25-34-6-1-4-9-42(34)74-47)50-27-51(40-7-2-3-8-41(40)54(36)50)98-66(96)97-22-23-99-100-32-49(64(94)95)69-21-5-10-44(61(88)89)76-52(82)19-17-45(62(90)91)77-53(83)20-18-46(63(92)93)78-57(84)33-11-13-37(14-12-33)70-29-39-30-71-56-55(72-39)59(86)80-65(68)79-56/h1-4,6-9,11-16,24-27,30,36,44-46,49,69-70,74-75H,5,10,17-23,28-29,31-32H2,(H,73,85)(H,76,82)(H,77,83)(H,78,84)(H,88,89)(H,90,91)(H,92,93)(H,94,95)(H3,68,71,79,80,86)/t36?,44-,45-,46-,49-/m1/s1. The smallest absolute Gasteiger partial charge is 0.480 e. The number of anilines is 4. The highest BCUT2D eigenvalue weighted by Gasteiger charge is 2.36. The summed E-state index contributed by atoms with van der Waals surface area (Å²) in [5.74, 6) is -8.69. The van der Waals surface area contributed by atoms with Gasteiger partial charge in [-0.25, -0.2) is 29.1 Å². The minimum Gasteiger partial charge on any atom is -0.480 e. The van der Waals surface area contributed by atoms with Gasteiger partial charge in [-0.05, 0) is 104 Å². The molecule has 100 heavy (non-hydrogen) atoms. The van der Waals surface area contributed by atoms with Crippen LogP contribution in [0.15, 0.2) is 120 Å². The number of ether oxygens (including phenoxy) is 2. The number of benzene rings is 5. The molecule has 0 saturated carbocycles. The Morgan fingerprint density at radius 2 is 1.32 bits per heavy atom. The van der Waals surface area contributed by atoms with E-state index in [0.29, 0.717) is 44.7 Å². The number of nitrogens with zero attached hydrogens (tertiary/aromatic N) is 4. The van der Waals surface area contributed by atoms with Crippen molar-refractivity contribution in [3.05, 3.63) is 154 Å². The number of nitrogen functional groups attached to an aromatic ring is 1. The van der Waals surface area contributed by atoms with Crippen molar-refractivity contribution >= 4 is 160 Å². The van der Waals surface area contributed by atoms with Crippen LogP contribution >= 0.6 is 33.2 Å². The summed E-state index contributed by atoms with van der Waals surface area (Å²) in [4.78, 5) is 163. The zero-order chi connectivity index (χ0) is 71.1. The third-order valence-corrected chi connectivity index (χ3v) is 18.7. The molecule has 0 saturated heterocycles. The number of hydrogen-bond donors (Lipinski definition) is 14. The molecule has 1 unspecified atom stereocenters. The molecule has 0 aliphatic carbocycles. The second-order valence-electron chi connectivity index (χ2n) is 22.9. The van der Waals surface area contributed by atoms with E-state index in [9.17, 15) is 73.2 Å². The van der Waals surface area contributed by atoms with Crippen molar-refractivity contribution in [2.45, 2.75) is 75.2 Å². The maximum Gasteiger partial charge on any atom is 0.513 e. The largest absolute Gasteiger partial charge is 0.513 e. The number of alkyl halides is 1. The molecule has 0 bridgehead atoms. The van der Waals surface area contributed by atoms with E-state index in [2.05, 4.69) is 61.8 Å². The zero-order valence-electron chi connectivity index (χ0n) is 52.7. The van der Waals surface area contributed by atoms with Gasteiger partial charge in [0.2, 0.25) is 17.8 Å². The number of H-pyrrole nitrogens is 3. The lowest BCUT2D eigenvalue weighted by Gasteiger charge is -2.18. The Morgan fingerprint density at radius 3 is 2.02 bits per heavy atom. The normalized spacial score (nSPS) is 13.8. The number of carbonyl (C=O) groups excluding carboxylic acids is 6. The molecule has 5 aromatic carbocycles. The minimum absolute atomic E-state index is 0.0133. The van der Waals surface area contributed by atoms with Gasteiger partial charge in [0.25, 0.3) is 23.3 Å². The van der Waals surface area contributed by atoms with Crippen LogP contribution in [0.5, 0.6) is 5.75 Å². The Morgan fingerprint density at radius 1 is 0.680 bits per heavy atom. The predicted octanol–water partition coefficient (Wildman–Crippen LogP) is 6.56. The van der Waals surface area contributed by atoms with Crippen molar-refractivity contribution in [3.63, 3.8) is 0 Å². The van der Waals surface area contributed by atoms with Gasteiger partial charge in [-0.15, -0.1) is 11.6 Å². The SMILES string of the molecule is Nc1nc2ncc(CNc3ccc(C(=O)N[C@H](CCC(=O)N[C@H](CCC(=O)N[C@H](CCCN[C@H](CSSCCOC(=O)Oc4cc5c(c6ccccc46)C(CCl)CN5C(=O)c4cc5cc(NC(=O)c6cc7ccccc7[nH]6)ccc5[nH]4)C(=O)O)C(=O)O)C(=O)O)C(=O)O)cc3)nc2c(=O)[nH]1. The number of fused-ring (bicyclic) bond motifs is 6. The molecule has 1 aliphatic heterocycles. The van der Waals surface area contributed by atoms with Gasteiger partial charge >= 0.3 is 30.0 Å². The number of nitrogens with two attached hydrogens (primary N) is 1. The van der Waals surface area contributed by atoms with Crippen molar-refractivity contribution in [3.8, 4) is 5.75 Å². The maximum atomic E-state index is 14.4. The molecular weight excluding hydrogens is 1360 g/mol. The molecule has 5 heterocycles. The molecule has 4 aromatic heterocycles. The lowest BCUT2D eigenvalue weighted by molar-refractivity contribution is -0.143. The molecule has 15 N–H and O–H groups in total. The average molecular weight is 1430 g/mol. The lowest BCUT2D eigenvalue weighted by atomic mass is 9.95. The number of aliphatic carboxylic acids is 4. The number of aromatic nitrogens is 6. The third-order valence-electron chi connectivity index (χ3n) is 16.0. The first-order chi connectivity index (χ1) is 48.1. The van der Waals surface area contributed by atoms with Gasteiger partial charge in [0.1, 0.15) is 47.9 Å². The van der Waals surface area contributed by atoms with Gasteiger partial charge in [0.15, 0.2) is 11.2 Å². The zero-order valence-corrected chi connectivity index (χ0v) is 55.1. The number of nitrogens with one attached hydrogen (secondary N) is 9. The van der Waals surface area contributed by atoms with Crippen LogP contribution in [0.25, 0.3) is 43.7 Å². The fraction of sp³-hybridized carbons (Fsp3) is 0.273. The Bertz CT molecular complexity index is 4650. The van der Waals surface area contributed by atoms with Crippen LogP contribution in [-0.4, -0.2) is 171 Å². The van der Waals surface area contributed by atoms with Crippen molar-refractivity contribution in [1.82, 2.24) is 51.2 Å². The second kappa shape index (κ2) is 32.8. The fourth-order valence-electron chi connectivity index (χ4n) is 11.0. The molecule has 10 rings (SSSR count). The van der Waals surface area contributed by atoms with Gasteiger partial charge < -0.3 is 82.4 Å². The Hall–Kier alpha value is -11.3. The number of halogens is 1. The van der Waals surface area contributed by atoms with Crippen LogP contribution in [0.4, 0.5) is 27.8 Å². The molecule has 31 nitrogen and oxygen atoms in total. The average Bonchev–Trinajstić information content (AvgIpc) is 1.56. The number of carboxylic acid groups (broad SMARTS) is 4. The molecule has 0 radical (unpaired) electrons. The molecule has 1 aliphatic rings. The number of para-hydroxylation sites is 1. The van der Waals surface area contributed by atoms with Crippen LogP contribution in [0, 0.1) is 0 Å². The quantitative estimate of drug-likeness (QED) is 0.00680. The van der Waals surface area contributed by atoms with E-state index in [1.807, 2.05) is 36.4 Å². The first kappa shape index (κ1) is 71.5. The highest BCUT2D eigenvalue weighted by molar-refractivity contribution is 8.76. The van der Waals surface area contributed by atoms with Gasteiger partial charge in [-0.2, -0.15) is 4.98 Å². The van der Waals surface area contributed by atoms with E-state index < -0.39 is 103 Å². The highest BCUT2D eigenvalue weighted by atomic mass is 35.5. The number of hydrogen-bond acceptors (Lipinski definition) is 21. The van der Waals surface area contributed by atoms with E-state index in [4.69, 9.17) is 26.8 Å².